The van der Waals surface area contributed by atoms with Crippen molar-refractivity contribution in [3.05, 3.63) is 29.5 Å². The fourth-order valence-corrected chi connectivity index (χ4v) is 1.74. The Morgan fingerprint density at radius 1 is 1.00 bits per heavy atom. The van der Waals surface area contributed by atoms with Crippen LogP contribution >= 0.6 is 0 Å². The van der Waals surface area contributed by atoms with Crippen molar-refractivity contribution in [2.45, 2.75) is 13.8 Å². The number of aryl methyl sites for hydroxylation is 2. The van der Waals surface area contributed by atoms with Crippen molar-refractivity contribution in [2.24, 2.45) is 0 Å². The Balaban J connectivity index is 2.85. The van der Waals surface area contributed by atoms with Gasteiger partial charge in [-0.3, -0.25) is 0 Å². The zero-order valence-corrected chi connectivity index (χ0v) is 10.00. The fraction of sp³-hybridized carbons (Fsp3) is 0.308. The molecule has 0 bridgehead atoms. The van der Waals surface area contributed by atoms with E-state index >= 15 is 0 Å². The van der Waals surface area contributed by atoms with Crippen molar-refractivity contribution >= 4 is 10.9 Å². The summed E-state index contributed by atoms with van der Waals surface area (Å²) in [5.74, 6) is 1.60. The number of pyridine rings is 1. The van der Waals surface area contributed by atoms with Crippen LogP contribution in [0.3, 0.4) is 0 Å². The van der Waals surface area contributed by atoms with Crippen LogP contribution < -0.4 is 9.47 Å². The molecular formula is C13H15NO2. The topological polar surface area (TPSA) is 31.4 Å². The van der Waals surface area contributed by atoms with Gasteiger partial charge in [-0.05, 0) is 37.6 Å². The Hall–Kier alpha value is -1.77. The normalized spacial score (nSPS) is 10.5. The van der Waals surface area contributed by atoms with Crippen molar-refractivity contribution < 1.29 is 9.47 Å². The minimum Gasteiger partial charge on any atom is -0.496 e. The Morgan fingerprint density at radius 3 is 2.25 bits per heavy atom. The largest absolute Gasteiger partial charge is 0.496 e. The summed E-state index contributed by atoms with van der Waals surface area (Å²) in [6.07, 6.45) is 0. The zero-order valence-electron chi connectivity index (χ0n) is 10.00. The molecular weight excluding hydrogens is 202 g/mol. The number of benzene rings is 1. The summed E-state index contributed by atoms with van der Waals surface area (Å²) in [7, 11) is 3.31. The molecule has 0 aliphatic rings. The number of fused-ring (bicyclic) bond motifs is 1. The fourth-order valence-electron chi connectivity index (χ4n) is 1.74. The lowest BCUT2D eigenvalue weighted by molar-refractivity contribution is 0.409. The highest BCUT2D eigenvalue weighted by Gasteiger charge is 2.09. The number of nitrogens with zero attached hydrogens (tertiary/aromatic N) is 1. The van der Waals surface area contributed by atoms with Gasteiger partial charge in [-0.15, -0.1) is 0 Å². The quantitative estimate of drug-likeness (QED) is 0.775. The van der Waals surface area contributed by atoms with Gasteiger partial charge in [0.1, 0.15) is 17.0 Å². The average Bonchev–Trinajstić information content (AvgIpc) is 2.29. The first-order chi connectivity index (χ1) is 7.67. The molecule has 0 aliphatic carbocycles. The first-order valence-electron chi connectivity index (χ1n) is 5.16. The molecule has 0 radical (unpaired) electrons. The second-order valence-electron chi connectivity index (χ2n) is 3.76. The molecule has 0 N–H and O–H groups in total. The van der Waals surface area contributed by atoms with E-state index < -0.39 is 0 Å². The predicted octanol–water partition coefficient (Wildman–Crippen LogP) is 2.87. The van der Waals surface area contributed by atoms with Gasteiger partial charge in [0.15, 0.2) is 0 Å². The summed E-state index contributed by atoms with van der Waals surface area (Å²) >= 11 is 0. The summed E-state index contributed by atoms with van der Waals surface area (Å²) in [5.41, 5.74) is 3.02. The van der Waals surface area contributed by atoms with Crippen LogP contribution in [0.4, 0.5) is 0 Å². The molecule has 1 heterocycles. The van der Waals surface area contributed by atoms with Gasteiger partial charge in [0.2, 0.25) is 0 Å². The highest BCUT2D eigenvalue weighted by atomic mass is 16.5. The van der Waals surface area contributed by atoms with Crippen LogP contribution in [0.2, 0.25) is 0 Å². The summed E-state index contributed by atoms with van der Waals surface area (Å²) in [5, 5.41) is 0.991. The van der Waals surface area contributed by atoms with Gasteiger partial charge in [-0.1, -0.05) is 0 Å². The van der Waals surface area contributed by atoms with Crippen LogP contribution in [0.25, 0.3) is 10.9 Å². The summed E-state index contributed by atoms with van der Waals surface area (Å²) < 4.78 is 10.6. The van der Waals surface area contributed by atoms with Gasteiger partial charge in [-0.2, -0.15) is 0 Å². The third-order valence-electron chi connectivity index (χ3n) is 2.79. The van der Waals surface area contributed by atoms with E-state index in [4.69, 9.17) is 9.47 Å². The van der Waals surface area contributed by atoms with Crippen LogP contribution in [-0.4, -0.2) is 19.2 Å². The maximum absolute atomic E-state index is 5.33. The lowest BCUT2D eigenvalue weighted by Gasteiger charge is -2.10. The highest BCUT2D eigenvalue weighted by molar-refractivity contribution is 5.90. The van der Waals surface area contributed by atoms with E-state index in [0.717, 1.165) is 33.7 Å². The molecule has 0 saturated carbocycles. The van der Waals surface area contributed by atoms with Crippen LogP contribution in [-0.2, 0) is 0 Å². The van der Waals surface area contributed by atoms with E-state index in [1.807, 2.05) is 26.0 Å². The minimum absolute atomic E-state index is 0.777. The standard InChI is InChI=1S/C13H15NO2/c1-8-7-10-11(15-3)5-6-12(16-4)13(10)14-9(8)2/h5-7H,1-4H3. The first kappa shape index (κ1) is 10.7. The van der Waals surface area contributed by atoms with Crippen molar-refractivity contribution in [1.29, 1.82) is 0 Å². The molecule has 3 nitrogen and oxygen atoms in total. The lowest BCUT2D eigenvalue weighted by atomic mass is 10.1. The van der Waals surface area contributed by atoms with E-state index in [-0.39, 0.29) is 0 Å². The maximum Gasteiger partial charge on any atom is 0.145 e. The molecule has 0 spiro atoms. The molecule has 2 aromatic rings. The molecule has 0 aliphatic heterocycles. The third kappa shape index (κ3) is 1.58. The van der Waals surface area contributed by atoms with E-state index in [9.17, 15) is 0 Å². The van der Waals surface area contributed by atoms with Crippen LogP contribution in [0, 0.1) is 13.8 Å². The van der Waals surface area contributed by atoms with Gasteiger partial charge in [0, 0.05) is 11.1 Å². The number of ether oxygens (including phenoxy) is 2. The van der Waals surface area contributed by atoms with Gasteiger partial charge < -0.3 is 9.47 Å². The van der Waals surface area contributed by atoms with Crippen molar-refractivity contribution in [2.75, 3.05) is 14.2 Å². The molecule has 84 valence electrons. The van der Waals surface area contributed by atoms with Crippen LogP contribution in [0.1, 0.15) is 11.3 Å². The van der Waals surface area contributed by atoms with E-state index in [0.29, 0.717) is 0 Å². The van der Waals surface area contributed by atoms with Crippen LogP contribution in [0.15, 0.2) is 18.2 Å². The van der Waals surface area contributed by atoms with Gasteiger partial charge in [0.25, 0.3) is 0 Å². The number of aromatic nitrogens is 1. The van der Waals surface area contributed by atoms with E-state index in [1.54, 1.807) is 14.2 Å². The molecule has 0 atom stereocenters. The molecule has 1 aromatic heterocycles. The second kappa shape index (κ2) is 4.00. The Morgan fingerprint density at radius 2 is 1.62 bits per heavy atom. The Labute approximate surface area is 95.0 Å². The maximum atomic E-state index is 5.33. The molecule has 2 rings (SSSR count). The monoisotopic (exact) mass is 217 g/mol. The number of hydrogen-bond donors (Lipinski definition) is 0. The predicted molar refractivity (Wildman–Crippen MR) is 64.3 cm³/mol. The molecule has 1 aromatic carbocycles. The minimum atomic E-state index is 0.777. The average molecular weight is 217 g/mol. The highest BCUT2D eigenvalue weighted by Crippen LogP contribution is 2.32. The van der Waals surface area contributed by atoms with Gasteiger partial charge in [0.05, 0.1) is 14.2 Å². The van der Waals surface area contributed by atoms with E-state index in [1.165, 1.54) is 0 Å². The third-order valence-corrected chi connectivity index (χ3v) is 2.79. The summed E-state index contributed by atoms with van der Waals surface area (Å²) in [6.45, 7) is 4.04. The van der Waals surface area contributed by atoms with Gasteiger partial charge in [-0.25, -0.2) is 4.98 Å². The van der Waals surface area contributed by atoms with Crippen molar-refractivity contribution in [3.8, 4) is 11.5 Å². The first-order valence-corrected chi connectivity index (χ1v) is 5.16. The molecule has 0 amide bonds. The van der Waals surface area contributed by atoms with E-state index in [2.05, 4.69) is 11.1 Å². The summed E-state index contributed by atoms with van der Waals surface area (Å²) in [4.78, 5) is 4.55. The van der Waals surface area contributed by atoms with Crippen molar-refractivity contribution in [3.63, 3.8) is 0 Å². The Bertz CT molecular complexity index is 486. The molecule has 0 saturated heterocycles. The number of hydrogen-bond acceptors (Lipinski definition) is 3. The Kier molecular flexibility index (Phi) is 2.69. The number of methoxy groups -OCH3 is 2. The lowest BCUT2D eigenvalue weighted by Crippen LogP contribution is -1.94. The second-order valence-corrected chi connectivity index (χ2v) is 3.76. The molecule has 3 heteroatoms. The molecule has 0 fully saturated rings. The molecule has 16 heavy (non-hydrogen) atoms. The van der Waals surface area contributed by atoms with Gasteiger partial charge >= 0.3 is 0 Å². The zero-order chi connectivity index (χ0) is 11.7. The SMILES string of the molecule is COc1ccc(OC)c2nc(C)c(C)cc12. The summed E-state index contributed by atoms with van der Waals surface area (Å²) in [6, 6.07) is 5.86. The smallest absolute Gasteiger partial charge is 0.145 e. The number of rotatable bonds is 2. The van der Waals surface area contributed by atoms with Crippen molar-refractivity contribution in [1.82, 2.24) is 4.98 Å². The van der Waals surface area contributed by atoms with Crippen LogP contribution in [0.5, 0.6) is 11.5 Å². The molecule has 0 unspecified atom stereocenters.